The van der Waals surface area contributed by atoms with Gasteiger partial charge in [-0.2, -0.15) is 0 Å². The van der Waals surface area contributed by atoms with Crippen molar-refractivity contribution in [3.63, 3.8) is 0 Å². The van der Waals surface area contributed by atoms with Crippen LogP contribution in [-0.4, -0.2) is 13.2 Å². The van der Waals surface area contributed by atoms with Gasteiger partial charge in [0.25, 0.3) is 0 Å². The molecule has 2 atom stereocenters. The minimum Gasteiger partial charge on any atom is -0.382 e. The molecular formula is C14H25O. The van der Waals surface area contributed by atoms with Crippen molar-refractivity contribution in [3.05, 3.63) is 5.92 Å². The molecule has 0 spiro atoms. The van der Waals surface area contributed by atoms with Gasteiger partial charge in [0, 0.05) is 13.2 Å². The van der Waals surface area contributed by atoms with Gasteiger partial charge in [0.1, 0.15) is 0 Å². The molecule has 0 saturated heterocycles. The summed E-state index contributed by atoms with van der Waals surface area (Å²) in [4.78, 5) is 0. The second kappa shape index (κ2) is 3.76. The second-order valence-corrected chi connectivity index (χ2v) is 6.04. The van der Waals surface area contributed by atoms with E-state index in [1.165, 1.54) is 25.7 Å². The molecule has 0 amide bonds. The Bertz CT molecular complexity index is 233. The molecule has 2 unspecified atom stereocenters. The van der Waals surface area contributed by atoms with Crippen LogP contribution in [0.1, 0.15) is 53.4 Å². The van der Waals surface area contributed by atoms with E-state index in [1.54, 1.807) is 5.92 Å². The normalized spacial score (nSPS) is 38.8. The fraction of sp³-hybridized carbons (Fsp3) is 0.929. The van der Waals surface area contributed by atoms with Gasteiger partial charge >= 0.3 is 0 Å². The van der Waals surface area contributed by atoms with Crippen LogP contribution in [0.25, 0.3) is 0 Å². The molecule has 2 bridgehead atoms. The highest BCUT2D eigenvalue weighted by Gasteiger charge is 2.60. The predicted octanol–water partition coefficient (Wildman–Crippen LogP) is 3.83. The standard InChI is InChI=1S/C14H25O/c1-5-15-9-7-12-10-11-6-8-14(12,4)13(11,2)3/h11H,5-10H2,1-4H3. The summed E-state index contributed by atoms with van der Waals surface area (Å²) in [5, 5.41) is 0. The Morgan fingerprint density at radius 1 is 1.33 bits per heavy atom. The lowest BCUT2D eigenvalue weighted by Gasteiger charge is -2.39. The zero-order valence-corrected chi connectivity index (χ0v) is 10.7. The molecule has 0 N–H and O–H groups in total. The number of hydrogen-bond acceptors (Lipinski definition) is 1. The summed E-state index contributed by atoms with van der Waals surface area (Å²) < 4.78 is 5.50. The van der Waals surface area contributed by atoms with E-state index in [2.05, 4.69) is 27.7 Å². The monoisotopic (exact) mass is 209 g/mol. The third-order valence-corrected chi connectivity index (χ3v) is 5.46. The van der Waals surface area contributed by atoms with Gasteiger partial charge < -0.3 is 4.74 Å². The topological polar surface area (TPSA) is 9.23 Å². The van der Waals surface area contributed by atoms with Gasteiger partial charge in [-0.05, 0) is 55.3 Å². The highest BCUT2D eigenvalue weighted by atomic mass is 16.5. The molecular weight excluding hydrogens is 184 g/mol. The molecule has 0 aromatic heterocycles. The summed E-state index contributed by atoms with van der Waals surface area (Å²) >= 11 is 0. The van der Waals surface area contributed by atoms with Crippen molar-refractivity contribution in [2.75, 3.05) is 13.2 Å². The van der Waals surface area contributed by atoms with E-state index in [1.807, 2.05) is 0 Å². The SMILES string of the molecule is CCOCC[C]1CC2CCC1(C)C2(C)C. The average Bonchev–Trinajstić information content (AvgIpc) is 2.51. The number of ether oxygens (including phenoxy) is 1. The van der Waals surface area contributed by atoms with E-state index >= 15 is 0 Å². The molecule has 0 heterocycles. The Labute approximate surface area is 94.6 Å². The van der Waals surface area contributed by atoms with E-state index < -0.39 is 0 Å². The second-order valence-electron chi connectivity index (χ2n) is 6.04. The Kier molecular flexibility index (Phi) is 2.87. The van der Waals surface area contributed by atoms with Crippen LogP contribution in [0.5, 0.6) is 0 Å². The minimum absolute atomic E-state index is 0.509. The molecule has 2 fully saturated rings. The molecule has 15 heavy (non-hydrogen) atoms. The lowest BCUT2D eigenvalue weighted by Crippen LogP contribution is -2.31. The highest BCUT2D eigenvalue weighted by Crippen LogP contribution is 2.69. The Balaban J connectivity index is 1.99. The van der Waals surface area contributed by atoms with E-state index in [9.17, 15) is 0 Å². The molecule has 1 heteroatoms. The maximum atomic E-state index is 5.50. The quantitative estimate of drug-likeness (QED) is 0.639. The first kappa shape index (κ1) is 11.4. The van der Waals surface area contributed by atoms with Crippen LogP contribution in [0.2, 0.25) is 0 Å². The first-order valence-electron chi connectivity index (χ1n) is 6.45. The minimum atomic E-state index is 0.509. The molecule has 0 aromatic carbocycles. The van der Waals surface area contributed by atoms with Gasteiger partial charge in [-0.25, -0.2) is 0 Å². The van der Waals surface area contributed by atoms with Gasteiger partial charge in [0.05, 0.1) is 0 Å². The number of fused-ring (bicyclic) bond motifs is 2. The van der Waals surface area contributed by atoms with Crippen molar-refractivity contribution in [1.29, 1.82) is 0 Å². The van der Waals surface area contributed by atoms with Gasteiger partial charge in [-0.1, -0.05) is 20.8 Å². The lowest BCUT2D eigenvalue weighted by atomic mass is 9.66. The van der Waals surface area contributed by atoms with E-state index in [-0.39, 0.29) is 0 Å². The average molecular weight is 209 g/mol. The number of hydrogen-bond donors (Lipinski definition) is 0. The molecule has 0 aliphatic heterocycles. The fourth-order valence-corrected chi connectivity index (χ4v) is 3.83. The largest absolute Gasteiger partial charge is 0.382 e. The van der Waals surface area contributed by atoms with E-state index in [4.69, 9.17) is 4.74 Å². The van der Waals surface area contributed by atoms with Crippen LogP contribution in [0.15, 0.2) is 0 Å². The van der Waals surface area contributed by atoms with Crippen molar-refractivity contribution >= 4 is 0 Å². The molecule has 2 aliphatic rings. The predicted molar refractivity (Wildman–Crippen MR) is 63.6 cm³/mol. The first-order chi connectivity index (χ1) is 7.02. The van der Waals surface area contributed by atoms with Crippen LogP contribution in [0.4, 0.5) is 0 Å². The van der Waals surface area contributed by atoms with Crippen LogP contribution >= 0.6 is 0 Å². The van der Waals surface area contributed by atoms with Crippen LogP contribution < -0.4 is 0 Å². The van der Waals surface area contributed by atoms with Crippen molar-refractivity contribution in [2.45, 2.75) is 53.4 Å². The summed E-state index contributed by atoms with van der Waals surface area (Å²) in [6, 6.07) is 0. The molecule has 2 rings (SSSR count). The summed E-state index contributed by atoms with van der Waals surface area (Å²) in [6.07, 6.45) is 5.43. The third kappa shape index (κ3) is 1.54. The van der Waals surface area contributed by atoms with Gasteiger partial charge in [0.2, 0.25) is 0 Å². The zero-order valence-electron chi connectivity index (χ0n) is 10.7. The molecule has 1 radical (unpaired) electrons. The van der Waals surface area contributed by atoms with Crippen LogP contribution in [-0.2, 0) is 4.74 Å². The summed E-state index contributed by atoms with van der Waals surface area (Å²) in [6.45, 7) is 11.3. The fourth-order valence-electron chi connectivity index (χ4n) is 3.83. The Morgan fingerprint density at radius 2 is 2.07 bits per heavy atom. The summed E-state index contributed by atoms with van der Waals surface area (Å²) in [5.74, 6) is 2.73. The zero-order chi connectivity index (χ0) is 11.1. The molecule has 87 valence electrons. The van der Waals surface area contributed by atoms with Crippen LogP contribution in [0, 0.1) is 22.7 Å². The van der Waals surface area contributed by atoms with Crippen LogP contribution in [0.3, 0.4) is 0 Å². The Morgan fingerprint density at radius 3 is 2.53 bits per heavy atom. The van der Waals surface area contributed by atoms with Crippen molar-refractivity contribution in [1.82, 2.24) is 0 Å². The van der Waals surface area contributed by atoms with Crippen molar-refractivity contribution in [3.8, 4) is 0 Å². The maximum Gasteiger partial charge on any atom is 0.0471 e. The molecule has 1 nitrogen and oxygen atoms in total. The third-order valence-electron chi connectivity index (χ3n) is 5.46. The molecule has 2 saturated carbocycles. The number of rotatable bonds is 4. The molecule has 0 aromatic rings. The van der Waals surface area contributed by atoms with Crippen molar-refractivity contribution < 1.29 is 4.74 Å². The Hall–Kier alpha value is -0.0400. The van der Waals surface area contributed by atoms with E-state index in [0.29, 0.717) is 10.8 Å². The smallest absolute Gasteiger partial charge is 0.0471 e. The van der Waals surface area contributed by atoms with Gasteiger partial charge in [0.15, 0.2) is 0 Å². The summed E-state index contributed by atoms with van der Waals surface area (Å²) in [7, 11) is 0. The van der Waals surface area contributed by atoms with E-state index in [0.717, 1.165) is 19.1 Å². The van der Waals surface area contributed by atoms with Gasteiger partial charge in [-0.3, -0.25) is 0 Å². The summed E-state index contributed by atoms with van der Waals surface area (Å²) in [5.41, 5.74) is 1.04. The lowest BCUT2D eigenvalue weighted by molar-refractivity contribution is 0.123. The van der Waals surface area contributed by atoms with Crippen molar-refractivity contribution in [2.24, 2.45) is 16.7 Å². The van der Waals surface area contributed by atoms with Gasteiger partial charge in [-0.15, -0.1) is 0 Å². The maximum absolute atomic E-state index is 5.50. The first-order valence-corrected chi connectivity index (χ1v) is 6.45. The molecule has 2 aliphatic carbocycles. The highest BCUT2D eigenvalue weighted by molar-refractivity contribution is 5.23.